The molecule has 0 atom stereocenters. The topological polar surface area (TPSA) is 58.2 Å². The maximum absolute atomic E-state index is 12.2. The van der Waals surface area contributed by atoms with Gasteiger partial charge in [0.2, 0.25) is 5.91 Å². The van der Waals surface area contributed by atoms with Crippen molar-refractivity contribution in [1.29, 1.82) is 0 Å². The molecule has 28 heavy (non-hydrogen) atoms. The molecule has 0 spiro atoms. The van der Waals surface area contributed by atoms with Crippen molar-refractivity contribution in [1.82, 2.24) is 5.32 Å². The van der Waals surface area contributed by atoms with Gasteiger partial charge in [-0.05, 0) is 48.4 Å². The minimum atomic E-state index is -0.230. The van der Waals surface area contributed by atoms with Gasteiger partial charge in [-0.25, -0.2) is 0 Å². The second-order valence-electron chi connectivity index (χ2n) is 6.60. The molecular weight excluding hydrogens is 372 g/mol. The fourth-order valence-corrected chi connectivity index (χ4v) is 2.88. The van der Waals surface area contributed by atoms with E-state index >= 15 is 0 Å². The minimum Gasteiger partial charge on any atom is -0.352 e. The Labute approximate surface area is 169 Å². The lowest BCUT2D eigenvalue weighted by molar-refractivity contribution is -0.120. The van der Waals surface area contributed by atoms with Crippen LogP contribution in [0.25, 0.3) is 0 Å². The largest absolute Gasteiger partial charge is 0.352 e. The van der Waals surface area contributed by atoms with Crippen LogP contribution in [0.2, 0.25) is 5.02 Å². The highest BCUT2D eigenvalue weighted by Gasteiger charge is 2.08. The first-order chi connectivity index (χ1) is 13.5. The van der Waals surface area contributed by atoms with Gasteiger partial charge in [-0.3, -0.25) is 9.59 Å². The van der Waals surface area contributed by atoms with Crippen LogP contribution in [0.5, 0.6) is 0 Å². The van der Waals surface area contributed by atoms with E-state index in [2.05, 4.69) is 10.6 Å². The highest BCUT2D eigenvalue weighted by Crippen LogP contribution is 2.15. The fourth-order valence-electron chi connectivity index (χ4n) is 2.69. The van der Waals surface area contributed by atoms with Crippen molar-refractivity contribution in [3.05, 3.63) is 100 Å². The predicted molar refractivity (Wildman–Crippen MR) is 113 cm³/mol. The molecule has 0 aliphatic carbocycles. The number of carbonyl (C=O) groups excluding carboxylic acids is 2. The van der Waals surface area contributed by atoms with E-state index in [1.54, 1.807) is 36.4 Å². The zero-order chi connectivity index (χ0) is 19.9. The summed E-state index contributed by atoms with van der Waals surface area (Å²) < 4.78 is 0. The van der Waals surface area contributed by atoms with E-state index in [1.807, 2.05) is 43.3 Å². The predicted octanol–water partition coefficient (Wildman–Crippen LogP) is 4.76. The molecule has 2 amide bonds. The van der Waals surface area contributed by atoms with Crippen LogP contribution >= 0.6 is 11.6 Å². The molecule has 0 radical (unpaired) electrons. The SMILES string of the molecule is Cc1ccc(CNC(=O)Cc2ccc(NC(=O)c3cccc(Cl)c3)cc2)cc1. The molecule has 2 N–H and O–H groups in total. The zero-order valence-corrected chi connectivity index (χ0v) is 16.3. The molecule has 0 bridgehead atoms. The molecule has 5 heteroatoms. The Balaban J connectivity index is 1.51. The average molecular weight is 393 g/mol. The van der Waals surface area contributed by atoms with Crippen LogP contribution in [0.4, 0.5) is 5.69 Å². The number of hydrogen-bond donors (Lipinski definition) is 2. The van der Waals surface area contributed by atoms with Crippen molar-refractivity contribution < 1.29 is 9.59 Å². The summed E-state index contributed by atoms with van der Waals surface area (Å²) in [5.41, 5.74) is 4.29. The van der Waals surface area contributed by atoms with Crippen molar-refractivity contribution in [2.45, 2.75) is 19.9 Å². The molecule has 0 aliphatic heterocycles. The van der Waals surface area contributed by atoms with Crippen molar-refractivity contribution in [2.75, 3.05) is 5.32 Å². The Kier molecular flexibility index (Phi) is 6.45. The normalized spacial score (nSPS) is 10.4. The molecule has 0 aromatic heterocycles. The number of anilines is 1. The molecule has 0 fully saturated rings. The number of hydrogen-bond acceptors (Lipinski definition) is 2. The standard InChI is InChI=1S/C23H21ClN2O2/c1-16-5-7-18(8-6-16)15-25-22(27)13-17-9-11-21(12-10-17)26-23(28)19-3-2-4-20(24)14-19/h2-12,14H,13,15H2,1H3,(H,25,27)(H,26,28). The maximum atomic E-state index is 12.2. The third-order valence-corrected chi connectivity index (χ3v) is 4.51. The van der Waals surface area contributed by atoms with E-state index in [0.717, 1.165) is 11.1 Å². The third-order valence-electron chi connectivity index (χ3n) is 4.27. The lowest BCUT2D eigenvalue weighted by atomic mass is 10.1. The van der Waals surface area contributed by atoms with Crippen molar-refractivity contribution in [3.8, 4) is 0 Å². The monoisotopic (exact) mass is 392 g/mol. The van der Waals surface area contributed by atoms with Crippen LogP contribution in [0.1, 0.15) is 27.0 Å². The van der Waals surface area contributed by atoms with Gasteiger partial charge in [0, 0.05) is 22.8 Å². The van der Waals surface area contributed by atoms with Gasteiger partial charge >= 0.3 is 0 Å². The Morgan fingerprint density at radius 1 is 0.893 bits per heavy atom. The fraction of sp³-hybridized carbons (Fsp3) is 0.130. The minimum absolute atomic E-state index is 0.0451. The second-order valence-corrected chi connectivity index (χ2v) is 7.04. The van der Waals surface area contributed by atoms with Gasteiger partial charge < -0.3 is 10.6 Å². The Morgan fingerprint density at radius 2 is 1.57 bits per heavy atom. The van der Waals surface area contributed by atoms with E-state index in [-0.39, 0.29) is 18.2 Å². The highest BCUT2D eigenvalue weighted by molar-refractivity contribution is 6.31. The van der Waals surface area contributed by atoms with Crippen LogP contribution < -0.4 is 10.6 Å². The molecule has 3 aromatic rings. The third kappa shape index (κ3) is 5.69. The van der Waals surface area contributed by atoms with E-state index in [0.29, 0.717) is 22.8 Å². The Morgan fingerprint density at radius 3 is 2.25 bits per heavy atom. The van der Waals surface area contributed by atoms with Crippen LogP contribution in [-0.2, 0) is 17.8 Å². The molecule has 142 valence electrons. The van der Waals surface area contributed by atoms with Crippen molar-refractivity contribution in [3.63, 3.8) is 0 Å². The molecule has 0 aliphatic rings. The summed E-state index contributed by atoms with van der Waals surface area (Å²) in [7, 11) is 0. The summed E-state index contributed by atoms with van der Waals surface area (Å²) in [6, 6.07) is 22.1. The van der Waals surface area contributed by atoms with Gasteiger partial charge in [0.1, 0.15) is 0 Å². The molecule has 4 nitrogen and oxygen atoms in total. The van der Waals surface area contributed by atoms with Gasteiger partial charge in [0.05, 0.1) is 6.42 Å². The first kappa shape index (κ1) is 19.6. The molecule has 0 unspecified atom stereocenters. The molecule has 3 rings (SSSR count). The molecule has 0 saturated carbocycles. The zero-order valence-electron chi connectivity index (χ0n) is 15.5. The first-order valence-electron chi connectivity index (χ1n) is 8.98. The molecular formula is C23H21ClN2O2. The maximum Gasteiger partial charge on any atom is 0.255 e. The number of halogens is 1. The molecule has 3 aromatic carbocycles. The number of rotatable bonds is 6. The smallest absolute Gasteiger partial charge is 0.255 e. The lowest BCUT2D eigenvalue weighted by Gasteiger charge is -2.08. The van der Waals surface area contributed by atoms with Gasteiger partial charge in [0.25, 0.3) is 5.91 Å². The Bertz CT molecular complexity index is 967. The summed E-state index contributed by atoms with van der Waals surface area (Å²) >= 11 is 5.91. The van der Waals surface area contributed by atoms with Crippen LogP contribution in [0, 0.1) is 6.92 Å². The summed E-state index contributed by atoms with van der Waals surface area (Å²) in [6.45, 7) is 2.54. The highest BCUT2D eigenvalue weighted by atomic mass is 35.5. The van der Waals surface area contributed by atoms with Gasteiger partial charge in [0.15, 0.2) is 0 Å². The van der Waals surface area contributed by atoms with E-state index < -0.39 is 0 Å². The van der Waals surface area contributed by atoms with E-state index in [4.69, 9.17) is 11.6 Å². The number of nitrogens with one attached hydrogen (secondary N) is 2. The van der Waals surface area contributed by atoms with E-state index in [1.165, 1.54) is 5.56 Å². The summed E-state index contributed by atoms with van der Waals surface area (Å²) in [5.74, 6) is -0.276. The summed E-state index contributed by atoms with van der Waals surface area (Å²) in [6.07, 6.45) is 0.286. The number of carbonyl (C=O) groups is 2. The van der Waals surface area contributed by atoms with E-state index in [9.17, 15) is 9.59 Å². The summed E-state index contributed by atoms with van der Waals surface area (Å²) in [5, 5.41) is 6.25. The first-order valence-corrected chi connectivity index (χ1v) is 9.35. The molecule has 0 saturated heterocycles. The van der Waals surface area contributed by atoms with Crippen LogP contribution in [0.3, 0.4) is 0 Å². The molecule has 0 heterocycles. The van der Waals surface area contributed by atoms with Crippen LogP contribution in [-0.4, -0.2) is 11.8 Å². The van der Waals surface area contributed by atoms with Gasteiger partial charge in [-0.1, -0.05) is 59.6 Å². The van der Waals surface area contributed by atoms with Gasteiger partial charge in [-0.2, -0.15) is 0 Å². The van der Waals surface area contributed by atoms with Crippen molar-refractivity contribution in [2.24, 2.45) is 0 Å². The number of amides is 2. The number of aryl methyl sites for hydroxylation is 1. The van der Waals surface area contributed by atoms with Crippen molar-refractivity contribution >= 4 is 29.1 Å². The lowest BCUT2D eigenvalue weighted by Crippen LogP contribution is -2.24. The second kappa shape index (κ2) is 9.20. The van der Waals surface area contributed by atoms with Gasteiger partial charge in [-0.15, -0.1) is 0 Å². The number of benzene rings is 3. The Hall–Kier alpha value is -3.11. The van der Waals surface area contributed by atoms with Crippen LogP contribution in [0.15, 0.2) is 72.8 Å². The summed E-state index contributed by atoms with van der Waals surface area (Å²) in [4.78, 5) is 24.4. The quantitative estimate of drug-likeness (QED) is 0.635. The average Bonchev–Trinajstić information content (AvgIpc) is 2.69.